The van der Waals surface area contributed by atoms with E-state index in [0.29, 0.717) is 5.82 Å². The Bertz CT molecular complexity index is 354. The average molecular weight is 196 g/mol. The highest BCUT2D eigenvalue weighted by molar-refractivity contribution is 5.57. The third kappa shape index (κ3) is 1.43. The van der Waals surface area contributed by atoms with Crippen molar-refractivity contribution in [1.29, 1.82) is 0 Å². The molecule has 0 unspecified atom stereocenters. The molecular weight excluding hydrogens is 184 g/mol. The molecule has 2 heterocycles. The van der Waals surface area contributed by atoms with Gasteiger partial charge in [-0.3, -0.25) is 14.8 Å². The number of nitrogens with zero attached hydrogens (tertiary/aromatic N) is 4. The number of aromatic nitrogens is 2. The van der Waals surface area contributed by atoms with Crippen molar-refractivity contribution < 1.29 is 4.92 Å². The van der Waals surface area contributed by atoms with Gasteiger partial charge in [-0.2, -0.15) is 0 Å². The van der Waals surface area contributed by atoms with Crippen LogP contribution in [0.5, 0.6) is 0 Å². The van der Waals surface area contributed by atoms with Crippen molar-refractivity contribution in [3.8, 4) is 0 Å². The van der Waals surface area contributed by atoms with Crippen LogP contribution >= 0.6 is 0 Å². The number of aryl methyl sites for hydroxylation is 1. The molecule has 1 aromatic rings. The summed E-state index contributed by atoms with van der Waals surface area (Å²) in [6, 6.07) is 0. The van der Waals surface area contributed by atoms with E-state index in [2.05, 4.69) is 5.10 Å². The molecule has 0 N–H and O–H groups in total. The first kappa shape index (κ1) is 8.98. The summed E-state index contributed by atoms with van der Waals surface area (Å²) in [4.78, 5) is 12.3. The van der Waals surface area contributed by atoms with Gasteiger partial charge >= 0.3 is 5.69 Å². The molecule has 1 aromatic heterocycles. The molecule has 1 fully saturated rings. The number of nitro groups is 1. The minimum Gasteiger partial charge on any atom is -0.349 e. The van der Waals surface area contributed by atoms with Gasteiger partial charge in [0.25, 0.3) is 0 Å². The number of anilines is 1. The van der Waals surface area contributed by atoms with Crippen LogP contribution in [0.25, 0.3) is 0 Å². The van der Waals surface area contributed by atoms with Crippen molar-refractivity contribution >= 4 is 11.5 Å². The van der Waals surface area contributed by atoms with Gasteiger partial charge in [0, 0.05) is 20.1 Å². The van der Waals surface area contributed by atoms with Crippen LogP contribution < -0.4 is 4.90 Å². The lowest BCUT2D eigenvalue weighted by Crippen LogP contribution is -2.19. The molecule has 0 aliphatic carbocycles. The Kier molecular flexibility index (Phi) is 2.11. The average Bonchev–Trinajstić information content (AvgIpc) is 2.70. The normalized spacial score (nSPS) is 16.2. The van der Waals surface area contributed by atoms with Crippen LogP contribution in [-0.4, -0.2) is 27.8 Å². The van der Waals surface area contributed by atoms with Gasteiger partial charge in [-0.15, -0.1) is 5.10 Å². The van der Waals surface area contributed by atoms with Crippen LogP contribution in [0, 0.1) is 10.1 Å². The zero-order chi connectivity index (χ0) is 10.1. The fraction of sp³-hybridized carbons (Fsp3) is 0.625. The molecule has 0 bridgehead atoms. The highest BCUT2D eigenvalue weighted by Gasteiger charge is 2.25. The van der Waals surface area contributed by atoms with E-state index in [-0.39, 0.29) is 10.6 Å². The molecule has 2 rings (SSSR count). The van der Waals surface area contributed by atoms with Gasteiger partial charge < -0.3 is 4.90 Å². The van der Waals surface area contributed by atoms with Crippen molar-refractivity contribution in [2.75, 3.05) is 18.0 Å². The van der Waals surface area contributed by atoms with Crippen molar-refractivity contribution in [3.05, 3.63) is 16.3 Å². The van der Waals surface area contributed by atoms with Gasteiger partial charge in [0.15, 0.2) is 0 Å². The van der Waals surface area contributed by atoms with E-state index in [4.69, 9.17) is 0 Å². The summed E-state index contributed by atoms with van der Waals surface area (Å²) in [5.74, 6) is 0.509. The maximum atomic E-state index is 10.7. The fourth-order valence-corrected chi connectivity index (χ4v) is 1.75. The largest absolute Gasteiger partial charge is 0.349 e. The Labute approximate surface area is 81.3 Å². The summed E-state index contributed by atoms with van der Waals surface area (Å²) in [7, 11) is 1.70. The highest BCUT2D eigenvalue weighted by Crippen LogP contribution is 2.28. The van der Waals surface area contributed by atoms with Crippen LogP contribution in [0.3, 0.4) is 0 Å². The van der Waals surface area contributed by atoms with Crippen LogP contribution in [0.2, 0.25) is 0 Å². The smallest absolute Gasteiger partial charge is 0.330 e. The molecule has 6 nitrogen and oxygen atoms in total. The molecule has 1 saturated heterocycles. The van der Waals surface area contributed by atoms with Crippen molar-refractivity contribution in [1.82, 2.24) is 9.78 Å². The van der Waals surface area contributed by atoms with Crippen LogP contribution in [0.15, 0.2) is 6.20 Å². The zero-order valence-electron chi connectivity index (χ0n) is 8.01. The summed E-state index contributed by atoms with van der Waals surface area (Å²) in [6.07, 6.45) is 3.63. The highest BCUT2D eigenvalue weighted by atomic mass is 16.6. The molecule has 0 amide bonds. The molecule has 0 saturated carbocycles. The lowest BCUT2D eigenvalue weighted by molar-refractivity contribution is -0.384. The third-order valence-corrected chi connectivity index (χ3v) is 2.39. The Morgan fingerprint density at radius 3 is 2.71 bits per heavy atom. The van der Waals surface area contributed by atoms with E-state index in [0.717, 1.165) is 25.9 Å². The predicted octanol–water partition coefficient (Wildman–Crippen LogP) is 0.928. The Morgan fingerprint density at radius 1 is 1.50 bits per heavy atom. The Hall–Kier alpha value is -1.59. The van der Waals surface area contributed by atoms with Crippen LogP contribution in [0.1, 0.15) is 12.8 Å². The topological polar surface area (TPSA) is 64.2 Å². The SMILES string of the molecule is Cn1cc([N+](=O)[O-])c(N2CCCC2)n1. The van der Waals surface area contributed by atoms with E-state index in [9.17, 15) is 10.1 Å². The predicted molar refractivity (Wildman–Crippen MR) is 51.3 cm³/mol. The molecular formula is C8H12N4O2. The summed E-state index contributed by atoms with van der Waals surface area (Å²) < 4.78 is 1.49. The monoisotopic (exact) mass is 196 g/mol. The summed E-state index contributed by atoms with van der Waals surface area (Å²) >= 11 is 0. The van der Waals surface area contributed by atoms with Gasteiger partial charge in [-0.25, -0.2) is 0 Å². The van der Waals surface area contributed by atoms with E-state index in [1.165, 1.54) is 10.9 Å². The molecule has 0 radical (unpaired) electrons. The molecule has 14 heavy (non-hydrogen) atoms. The van der Waals surface area contributed by atoms with E-state index >= 15 is 0 Å². The summed E-state index contributed by atoms with van der Waals surface area (Å²) in [5, 5.41) is 14.8. The fourth-order valence-electron chi connectivity index (χ4n) is 1.75. The first-order valence-corrected chi connectivity index (χ1v) is 4.61. The second-order valence-electron chi connectivity index (χ2n) is 3.46. The molecule has 0 atom stereocenters. The minimum absolute atomic E-state index is 0.106. The molecule has 1 aliphatic rings. The van der Waals surface area contributed by atoms with E-state index in [1.807, 2.05) is 4.90 Å². The van der Waals surface area contributed by atoms with Crippen LogP contribution in [0.4, 0.5) is 11.5 Å². The third-order valence-electron chi connectivity index (χ3n) is 2.39. The van der Waals surface area contributed by atoms with E-state index in [1.54, 1.807) is 7.05 Å². The quantitative estimate of drug-likeness (QED) is 0.521. The number of rotatable bonds is 2. The summed E-state index contributed by atoms with van der Waals surface area (Å²) in [6.45, 7) is 1.75. The standard InChI is InChI=1S/C8H12N4O2/c1-10-6-7(12(13)14)8(9-10)11-4-2-3-5-11/h6H,2-5H2,1H3. The van der Waals surface area contributed by atoms with Gasteiger partial charge in [-0.05, 0) is 12.8 Å². The molecule has 76 valence electrons. The Morgan fingerprint density at radius 2 is 2.14 bits per heavy atom. The Balaban J connectivity index is 2.35. The number of hydrogen-bond donors (Lipinski definition) is 0. The first-order valence-electron chi connectivity index (χ1n) is 4.61. The van der Waals surface area contributed by atoms with Crippen molar-refractivity contribution in [2.45, 2.75) is 12.8 Å². The molecule has 6 heteroatoms. The van der Waals surface area contributed by atoms with Gasteiger partial charge in [0.2, 0.25) is 5.82 Å². The number of hydrogen-bond acceptors (Lipinski definition) is 4. The molecule has 1 aliphatic heterocycles. The molecule has 0 spiro atoms. The van der Waals surface area contributed by atoms with Crippen molar-refractivity contribution in [2.24, 2.45) is 7.05 Å². The van der Waals surface area contributed by atoms with E-state index < -0.39 is 0 Å². The lowest BCUT2D eigenvalue weighted by Gasteiger charge is -2.12. The first-order chi connectivity index (χ1) is 6.68. The second-order valence-corrected chi connectivity index (χ2v) is 3.46. The minimum atomic E-state index is -0.374. The zero-order valence-corrected chi connectivity index (χ0v) is 8.01. The van der Waals surface area contributed by atoms with Gasteiger partial charge in [0.05, 0.1) is 4.92 Å². The van der Waals surface area contributed by atoms with Gasteiger partial charge in [-0.1, -0.05) is 0 Å². The van der Waals surface area contributed by atoms with Crippen molar-refractivity contribution in [3.63, 3.8) is 0 Å². The molecule has 0 aromatic carbocycles. The lowest BCUT2D eigenvalue weighted by atomic mass is 10.4. The second kappa shape index (κ2) is 3.28. The summed E-state index contributed by atoms with van der Waals surface area (Å²) in [5.41, 5.74) is 0.106. The van der Waals surface area contributed by atoms with Gasteiger partial charge in [0.1, 0.15) is 6.20 Å². The maximum absolute atomic E-state index is 10.7. The maximum Gasteiger partial charge on any atom is 0.330 e. The van der Waals surface area contributed by atoms with Crippen LogP contribution in [-0.2, 0) is 7.05 Å².